The smallest absolute Gasteiger partial charge is 0.0820 e. The maximum Gasteiger partial charge on any atom is 0.0820 e. The SMILES string of the molecule is Cc1cccc(-c2sccc2Cl)n1. The second kappa shape index (κ2) is 3.48. The molecule has 1 nitrogen and oxygen atoms in total. The van der Waals surface area contributed by atoms with Crippen molar-refractivity contribution in [3.8, 4) is 10.6 Å². The maximum absolute atomic E-state index is 6.00. The van der Waals surface area contributed by atoms with Gasteiger partial charge in [0.2, 0.25) is 0 Å². The summed E-state index contributed by atoms with van der Waals surface area (Å²) in [5, 5.41) is 2.75. The van der Waals surface area contributed by atoms with Gasteiger partial charge in [0.1, 0.15) is 0 Å². The summed E-state index contributed by atoms with van der Waals surface area (Å²) in [6, 6.07) is 7.84. The number of nitrogens with zero attached hydrogens (tertiary/aromatic N) is 1. The van der Waals surface area contributed by atoms with E-state index in [0.29, 0.717) is 0 Å². The predicted octanol–water partition coefficient (Wildman–Crippen LogP) is 3.77. The van der Waals surface area contributed by atoms with Crippen LogP contribution in [0.25, 0.3) is 10.6 Å². The van der Waals surface area contributed by atoms with E-state index in [1.54, 1.807) is 11.3 Å². The summed E-state index contributed by atoms with van der Waals surface area (Å²) in [6.45, 7) is 1.98. The lowest BCUT2D eigenvalue weighted by Crippen LogP contribution is -1.83. The molecule has 0 saturated heterocycles. The molecule has 0 bridgehead atoms. The highest BCUT2D eigenvalue weighted by Gasteiger charge is 2.05. The van der Waals surface area contributed by atoms with Gasteiger partial charge in [-0.15, -0.1) is 11.3 Å². The van der Waals surface area contributed by atoms with Gasteiger partial charge in [0.15, 0.2) is 0 Å². The Balaban J connectivity index is 2.53. The molecule has 0 spiro atoms. The standard InChI is InChI=1S/C10H8ClNS/c1-7-3-2-4-9(12-7)10-8(11)5-6-13-10/h2-6H,1H3. The highest BCUT2D eigenvalue weighted by atomic mass is 35.5. The molecule has 2 aromatic heterocycles. The minimum absolute atomic E-state index is 0.781. The Morgan fingerprint density at radius 1 is 1.31 bits per heavy atom. The van der Waals surface area contributed by atoms with E-state index in [1.165, 1.54) is 0 Å². The largest absolute Gasteiger partial charge is 0.252 e. The van der Waals surface area contributed by atoms with E-state index in [4.69, 9.17) is 11.6 Å². The molecular weight excluding hydrogens is 202 g/mol. The van der Waals surface area contributed by atoms with Crippen molar-refractivity contribution < 1.29 is 0 Å². The van der Waals surface area contributed by atoms with Crippen molar-refractivity contribution in [1.29, 1.82) is 0 Å². The van der Waals surface area contributed by atoms with E-state index in [-0.39, 0.29) is 0 Å². The lowest BCUT2D eigenvalue weighted by molar-refractivity contribution is 1.21. The van der Waals surface area contributed by atoms with Gasteiger partial charge in [0.25, 0.3) is 0 Å². The highest BCUT2D eigenvalue weighted by Crippen LogP contribution is 2.31. The molecule has 0 aromatic carbocycles. The molecule has 0 fully saturated rings. The van der Waals surface area contributed by atoms with Crippen molar-refractivity contribution in [2.75, 3.05) is 0 Å². The first-order valence-corrected chi connectivity index (χ1v) is 5.20. The van der Waals surface area contributed by atoms with Crippen LogP contribution in [-0.2, 0) is 0 Å². The van der Waals surface area contributed by atoms with E-state index in [1.807, 2.05) is 36.6 Å². The lowest BCUT2D eigenvalue weighted by Gasteiger charge is -1.98. The number of pyridine rings is 1. The summed E-state index contributed by atoms with van der Waals surface area (Å²) >= 11 is 7.61. The van der Waals surface area contributed by atoms with Crippen LogP contribution in [0.5, 0.6) is 0 Å². The molecule has 0 aliphatic rings. The van der Waals surface area contributed by atoms with Gasteiger partial charge in [-0.2, -0.15) is 0 Å². The van der Waals surface area contributed by atoms with Gasteiger partial charge in [0.05, 0.1) is 15.6 Å². The summed E-state index contributed by atoms with van der Waals surface area (Å²) in [7, 11) is 0. The van der Waals surface area contributed by atoms with Crippen molar-refractivity contribution in [2.45, 2.75) is 6.92 Å². The molecule has 2 rings (SSSR count). The topological polar surface area (TPSA) is 12.9 Å². The van der Waals surface area contributed by atoms with Crippen LogP contribution in [0.1, 0.15) is 5.69 Å². The van der Waals surface area contributed by atoms with Crippen molar-refractivity contribution in [2.24, 2.45) is 0 Å². The van der Waals surface area contributed by atoms with Crippen LogP contribution in [0.4, 0.5) is 0 Å². The van der Waals surface area contributed by atoms with Gasteiger partial charge in [-0.1, -0.05) is 17.7 Å². The second-order valence-corrected chi connectivity index (χ2v) is 4.09. The van der Waals surface area contributed by atoms with Crippen LogP contribution in [0.15, 0.2) is 29.6 Å². The number of thiophene rings is 1. The second-order valence-electron chi connectivity index (χ2n) is 2.76. The van der Waals surface area contributed by atoms with Crippen molar-refractivity contribution in [3.05, 3.63) is 40.4 Å². The third-order valence-corrected chi connectivity index (χ3v) is 3.10. The molecule has 3 heteroatoms. The lowest BCUT2D eigenvalue weighted by atomic mass is 10.3. The summed E-state index contributed by atoms with van der Waals surface area (Å²) in [5.74, 6) is 0. The van der Waals surface area contributed by atoms with E-state index >= 15 is 0 Å². The van der Waals surface area contributed by atoms with Gasteiger partial charge in [-0.3, -0.25) is 4.98 Å². The van der Waals surface area contributed by atoms with Gasteiger partial charge in [-0.05, 0) is 30.5 Å². The van der Waals surface area contributed by atoms with Crippen molar-refractivity contribution in [1.82, 2.24) is 4.98 Å². The van der Waals surface area contributed by atoms with E-state index in [2.05, 4.69) is 4.98 Å². The average Bonchev–Trinajstić information content (AvgIpc) is 2.51. The molecule has 0 atom stereocenters. The molecule has 0 aliphatic carbocycles. The number of aryl methyl sites for hydroxylation is 1. The van der Waals surface area contributed by atoms with Gasteiger partial charge in [-0.25, -0.2) is 0 Å². The summed E-state index contributed by atoms with van der Waals surface area (Å²) in [5.41, 5.74) is 1.97. The number of rotatable bonds is 1. The monoisotopic (exact) mass is 209 g/mol. The number of hydrogen-bond donors (Lipinski definition) is 0. The van der Waals surface area contributed by atoms with Crippen LogP contribution in [0.3, 0.4) is 0 Å². The number of hydrogen-bond acceptors (Lipinski definition) is 2. The summed E-state index contributed by atoms with van der Waals surface area (Å²) < 4.78 is 0. The van der Waals surface area contributed by atoms with Gasteiger partial charge >= 0.3 is 0 Å². The third-order valence-electron chi connectivity index (χ3n) is 1.74. The molecule has 0 amide bonds. The van der Waals surface area contributed by atoms with Crippen LogP contribution in [0.2, 0.25) is 5.02 Å². The fraction of sp³-hybridized carbons (Fsp3) is 0.100. The Morgan fingerprint density at radius 3 is 2.77 bits per heavy atom. The Morgan fingerprint density at radius 2 is 2.15 bits per heavy atom. The maximum atomic E-state index is 6.00. The molecule has 2 aromatic rings. The van der Waals surface area contributed by atoms with Crippen molar-refractivity contribution >= 4 is 22.9 Å². The van der Waals surface area contributed by atoms with Crippen LogP contribution < -0.4 is 0 Å². The highest BCUT2D eigenvalue weighted by molar-refractivity contribution is 7.14. The number of aromatic nitrogens is 1. The first kappa shape index (κ1) is 8.73. The number of halogens is 1. The Hall–Kier alpha value is -0.860. The quantitative estimate of drug-likeness (QED) is 0.697. The molecular formula is C10H8ClNS. The minimum atomic E-state index is 0.781. The first-order chi connectivity index (χ1) is 6.27. The average molecular weight is 210 g/mol. The van der Waals surface area contributed by atoms with Crippen LogP contribution in [-0.4, -0.2) is 4.98 Å². The predicted molar refractivity (Wildman–Crippen MR) is 57.3 cm³/mol. The van der Waals surface area contributed by atoms with E-state index in [9.17, 15) is 0 Å². The van der Waals surface area contributed by atoms with Crippen LogP contribution >= 0.6 is 22.9 Å². The molecule has 0 aliphatic heterocycles. The zero-order valence-electron chi connectivity index (χ0n) is 7.12. The molecule has 0 saturated carbocycles. The molecule has 0 radical (unpaired) electrons. The summed E-state index contributed by atoms with van der Waals surface area (Å²) in [4.78, 5) is 5.45. The van der Waals surface area contributed by atoms with Crippen LogP contribution in [0, 0.1) is 6.92 Å². The molecule has 0 N–H and O–H groups in total. The fourth-order valence-corrected chi connectivity index (χ4v) is 2.27. The normalized spacial score (nSPS) is 10.3. The minimum Gasteiger partial charge on any atom is -0.252 e. The van der Waals surface area contributed by atoms with Crippen molar-refractivity contribution in [3.63, 3.8) is 0 Å². The zero-order chi connectivity index (χ0) is 9.26. The fourth-order valence-electron chi connectivity index (χ4n) is 1.15. The van der Waals surface area contributed by atoms with Gasteiger partial charge < -0.3 is 0 Å². The third kappa shape index (κ3) is 1.74. The Bertz CT molecular complexity index is 422. The Kier molecular flexibility index (Phi) is 2.34. The first-order valence-electron chi connectivity index (χ1n) is 3.94. The van der Waals surface area contributed by atoms with Gasteiger partial charge in [0, 0.05) is 5.69 Å². The molecule has 0 unspecified atom stereocenters. The Labute approximate surface area is 86.0 Å². The van der Waals surface area contributed by atoms with E-state index in [0.717, 1.165) is 21.3 Å². The molecule has 13 heavy (non-hydrogen) atoms. The molecule has 66 valence electrons. The zero-order valence-corrected chi connectivity index (χ0v) is 8.69. The van der Waals surface area contributed by atoms with E-state index < -0.39 is 0 Å². The molecule has 2 heterocycles. The summed E-state index contributed by atoms with van der Waals surface area (Å²) in [6.07, 6.45) is 0.